The summed E-state index contributed by atoms with van der Waals surface area (Å²) in [5.41, 5.74) is 2.94. The first-order chi connectivity index (χ1) is 18.6. The van der Waals surface area contributed by atoms with Gasteiger partial charge in [0, 0.05) is 11.9 Å². The zero-order valence-corrected chi connectivity index (χ0v) is 21.1. The van der Waals surface area contributed by atoms with Gasteiger partial charge in [-0.05, 0) is 60.9 Å². The number of benzene rings is 3. The highest BCUT2D eigenvalue weighted by molar-refractivity contribution is 6.24. The third-order valence-electron chi connectivity index (χ3n) is 7.78. The molecule has 0 bridgehead atoms. The minimum absolute atomic E-state index is 0.0424. The van der Waals surface area contributed by atoms with E-state index in [-0.39, 0.29) is 5.69 Å². The Bertz CT molecular complexity index is 1560. The number of fused-ring (bicyclic) bond motifs is 5. The Hall–Kier alpha value is -4.40. The summed E-state index contributed by atoms with van der Waals surface area (Å²) in [6, 6.07) is 15.6. The molecule has 6 rings (SSSR count). The van der Waals surface area contributed by atoms with Gasteiger partial charge in [-0.15, -0.1) is 0 Å². The molecule has 3 heterocycles. The maximum Gasteiger partial charge on any atom is 0.416 e. The van der Waals surface area contributed by atoms with Crippen molar-refractivity contribution in [3.8, 4) is 0 Å². The highest BCUT2D eigenvalue weighted by atomic mass is 19.4. The number of hydrogen-bond acceptors (Lipinski definition) is 4. The summed E-state index contributed by atoms with van der Waals surface area (Å²) in [5.74, 6) is -3.42. The number of halogens is 3. The Morgan fingerprint density at radius 2 is 1.64 bits per heavy atom. The molecule has 3 aliphatic heterocycles. The van der Waals surface area contributed by atoms with Crippen molar-refractivity contribution >= 4 is 35.2 Å². The quantitative estimate of drug-likeness (QED) is 0.455. The van der Waals surface area contributed by atoms with Crippen molar-refractivity contribution < 1.29 is 27.6 Å². The van der Waals surface area contributed by atoms with E-state index in [1.165, 1.54) is 17.0 Å². The van der Waals surface area contributed by atoms with Gasteiger partial charge < -0.3 is 10.2 Å². The maximum absolute atomic E-state index is 14.0. The number of carbonyl (C=O) groups is 3. The number of rotatable bonds is 3. The van der Waals surface area contributed by atoms with Crippen LogP contribution < -0.4 is 10.2 Å². The highest BCUT2D eigenvalue weighted by Crippen LogP contribution is 2.53. The van der Waals surface area contributed by atoms with E-state index >= 15 is 0 Å². The standard InChI is InChI=1S/C30H24F3N3O3/c1-16-10-11-22(17(2)14-16)36-28(38)23-24(29(36)39)26(35-13-12-18-6-3-4-9-21(18)25(23)35)27(37)34-20-8-5-7-19(15-20)30(31,32)33/h3-15,23-26H,1-2H3,(H,34,37)/t23-,24+,25-,26-/m0/s1. The third-order valence-corrected chi connectivity index (χ3v) is 7.78. The molecule has 9 heteroatoms. The Labute approximate surface area is 222 Å². The second kappa shape index (κ2) is 8.83. The molecule has 3 aliphatic rings. The molecule has 0 aromatic heterocycles. The van der Waals surface area contributed by atoms with Crippen molar-refractivity contribution in [2.75, 3.05) is 10.2 Å². The number of amides is 3. The number of imide groups is 1. The van der Waals surface area contributed by atoms with Crippen LogP contribution in [-0.4, -0.2) is 28.7 Å². The van der Waals surface area contributed by atoms with Crippen LogP contribution in [0.2, 0.25) is 0 Å². The molecule has 3 aromatic carbocycles. The Morgan fingerprint density at radius 1 is 0.897 bits per heavy atom. The average molecular weight is 532 g/mol. The average Bonchev–Trinajstić information content (AvgIpc) is 3.37. The molecule has 0 saturated carbocycles. The lowest BCUT2D eigenvalue weighted by molar-refractivity contribution is -0.137. The molecule has 4 atom stereocenters. The van der Waals surface area contributed by atoms with Crippen LogP contribution in [0.3, 0.4) is 0 Å². The summed E-state index contributed by atoms with van der Waals surface area (Å²) in [4.78, 5) is 44.6. The smallest absolute Gasteiger partial charge is 0.357 e. The minimum atomic E-state index is -4.58. The molecule has 0 aliphatic carbocycles. The van der Waals surface area contributed by atoms with Crippen LogP contribution in [0.4, 0.5) is 24.5 Å². The topological polar surface area (TPSA) is 69.7 Å². The predicted molar refractivity (Wildman–Crippen MR) is 139 cm³/mol. The first-order valence-corrected chi connectivity index (χ1v) is 12.5. The van der Waals surface area contributed by atoms with Gasteiger partial charge in [-0.1, -0.05) is 48.0 Å². The lowest BCUT2D eigenvalue weighted by Gasteiger charge is -2.35. The van der Waals surface area contributed by atoms with Crippen LogP contribution in [0.15, 0.2) is 72.9 Å². The number of hydrogen-bond donors (Lipinski definition) is 1. The highest BCUT2D eigenvalue weighted by Gasteiger charge is 2.64. The molecular formula is C30H24F3N3O3. The third kappa shape index (κ3) is 3.91. The van der Waals surface area contributed by atoms with Crippen molar-refractivity contribution in [3.05, 3.63) is 101 Å². The predicted octanol–water partition coefficient (Wildman–Crippen LogP) is 5.48. The molecule has 3 amide bonds. The van der Waals surface area contributed by atoms with E-state index in [0.717, 1.165) is 34.4 Å². The second-order valence-electron chi connectivity index (χ2n) is 10.2. The van der Waals surface area contributed by atoms with Gasteiger partial charge in [-0.25, -0.2) is 4.90 Å². The van der Waals surface area contributed by atoms with Gasteiger partial charge in [0.2, 0.25) is 17.7 Å². The number of alkyl halides is 3. The second-order valence-corrected chi connectivity index (χ2v) is 10.2. The van der Waals surface area contributed by atoms with Crippen molar-refractivity contribution in [3.63, 3.8) is 0 Å². The van der Waals surface area contributed by atoms with Gasteiger partial charge >= 0.3 is 6.18 Å². The van der Waals surface area contributed by atoms with E-state index in [0.29, 0.717) is 5.69 Å². The molecule has 0 unspecified atom stereocenters. The summed E-state index contributed by atoms with van der Waals surface area (Å²) in [6.45, 7) is 3.73. The number of carbonyl (C=O) groups excluding carboxylic acids is 3. The number of nitrogens with one attached hydrogen (secondary N) is 1. The van der Waals surface area contributed by atoms with Crippen molar-refractivity contribution in [1.82, 2.24) is 4.90 Å². The van der Waals surface area contributed by atoms with Crippen LogP contribution >= 0.6 is 0 Å². The zero-order valence-electron chi connectivity index (χ0n) is 21.1. The number of anilines is 2. The molecule has 2 saturated heterocycles. The van der Waals surface area contributed by atoms with Crippen LogP contribution in [0.1, 0.15) is 33.9 Å². The first kappa shape index (κ1) is 24.9. The molecule has 39 heavy (non-hydrogen) atoms. The van der Waals surface area contributed by atoms with Crippen LogP contribution in [0.5, 0.6) is 0 Å². The Balaban J connectivity index is 1.43. The minimum Gasteiger partial charge on any atom is -0.357 e. The first-order valence-electron chi connectivity index (χ1n) is 12.5. The fourth-order valence-electron chi connectivity index (χ4n) is 6.14. The van der Waals surface area contributed by atoms with Crippen LogP contribution in [-0.2, 0) is 20.6 Å². The SMILES string of the molecule is Cc1ccc(N2C(=O)[C@@H]3[C@H](C2=O)[C@@H]2c4ccccc4C=CN2[C@@H]3C(=O)Nc2cccc(C(F)(F)F)c2)c(C)c1. The summed E-state index contributed by atoms with van der Waals surface area (Å²) in [6.07, 6.45) is -1.07. The summed E-state index contributed by atoms with van der Waals surface area (Å²) in [5, 5.41) is 2.58. The lowest BCUT2D eigenvalue weighted by atomic mass is 9.84. The zero-order chi connectivity index (χ0) is 27.6. The summed E-state index contributed by atoms with van der Waals surface area (Å²) >= 11 is 0. The largest absolute Gasteiger partial charge is 0.416 e. The molecule has 2 fully saturated rings. The Kier molecular flexibility index (Phi) is 5.64. The number of aryl methyl sites for hydroxylation is 2. The molecule has 0 spiro atoms. The molecule has 0 radical (unpaired) electrons. The molecule has 3 aromatic rings. The van der Waals surface area contributed by atoms with E-state index in [9.17, 15) is 27.6 Å². The van der Waals surface area contributed by atoms with Crippen molar-refractivity contribution in [2.24, 2.45) is 11.8 Å². The molecular weight excluding hydrogens is 507 g/mol. The van der Waals surface area contributed by atoms with Gasteiger partial charge in [0.05, 0.1) is 29.1 Å². The van der Waals surface area contributed by atoms with Crippen molar-refractivity contribution in [2.45, 2.75) is 32.1 Å². The van der Waals surface area contributed by atoms with Crippen LogP contribution in [0.25, 0.3) is 6.08 Å². The van der Waals surface area contributed by atoms with E-state index in [1.54, 1.807) is 17.2 Å². The Morgan fingerprint density at radius 3 is 2.38 bits per heavy atom. The fraction of sp³-hybridized carbons (Fsp3) is 0.233. The van der Waals surface area contributed by atoms with E-state index < -0.39 is 53.4 Å². The summed E-state index contributed by atoms with van der Waals surface area (Å²) < 4.78 is 39.8. The molecule has 6 nitrogen and oxygen atoms in total. The monoisotopic (exact) mass is 531 g/mol. The summed E-state index contributed by atoms with van der Waals surface area (Å²) in [7, 11) is 0. The van der Waals surface area contributed by atoms with Gasteiger partial charge in [-0.3, -0.25) is 14.4 Å². The number of nitrogens with zero attached hydrogens (tertiary/aromatic N) is 2. The molecule has 1 N–H and O–H groups in total. The van der Waals surface area contributed by atoms with E-state index in [4.69, 9.17) is 0 Å². The van der Waals surface area contributed by atoms with Gasteiger partial charge in [0.25, 0.3) is 0 Å². The van der Waals surface area contributed by atoms with Crippen molar-refractivity contribution in [1.29, 1.82) is 0 Å². The van der Waals surface area contributed by atoms with Gasteiger partial charge in [0.15, 0.2) is 0 Å². The van der Waals surface area contributed by atoms with Gasteiger partial charge in [0.1, 0.15) is 6.04 Å². The van der Waals surface area contributed by atoms with Gasteiger partial charge in [-0.2, -0.15) is 13.2 Å². The van der Waals surface area contributed by atoms with E-state index in [2.05, 4.69) is 5.32 Å². The van der Waals surface area contributed by atoms with Crippen LogP contribution in [0, 0.1) is 25.7 Å². The lowest BCUT2D eigenvalue weighted by Crippen LogP contribution is -2.46. The maximum atomic E-state index is 14.0. The normalized spacial score (nSPS) is 23.5. The fourth-order valence-corrected chi connectivity index (χ4v) is 6.14. The molecule has 198 valence electrons. The van der Waals surface area contributed by atoms with E-state index in [1.807, 2.05) is 56.3 Å².